The number of ether oxygens (including phenoxy) is 3. The van der Waals surface area contributed by atoms with Crippen molar-refractivity contribution in [3.05, 3.63) is 42.0 Å². The Labute approximate surface area is 190 Å². The van der Waals surface area contributed by atoms with Gasteiger partial charge in [-0.3, -0.25) is 4.79 Å². The smallest absolute Gasteiger partial charge is 0.225 e. The molecular weight excluding hydrogens is 408 g/mol. The molecule has 2 N–H and O–H groups in total. The minimum atomic E-state index is -0.0336. The van der Waals surface area contributed by atoms with Crippen LogP contribution in [-0.2, 0) is 11.2 Å². The van der Waals surface area contributed by atoms with E-state index in [0.717, 1.165) is 38.9 Å². The number of aromatic hydroxyl groups is 1. The van der Waals surface area contributed by atoms with Crippen molar-refractivity contribution >= 4 is 11.6 Å². The molecule has 1 aliphatic rings. The number of methoxy groups -OCH3 is 3. The summed E-state index contributed by atoms with van der Waals surface area (Å²) in [5, 5.41) is 12.3. The van der Waals surface area contributed by atoms with E-state index in [1.807, 2.05) is 12.1 Å². The Kier molecular flexibility index (Phi) is 8.62. The van der Waals surface area contributed by atoms with E-state index in [1.54, 1.807) is 45.6 Å². The molecule has 0 radical (unpaired) electrons. The average Bonchev–Trinajstić information content (AvgIpc) is 2.82. The van der Waals surface area contributed by atoms with Gasteiger partial charge >= 0.3 is 0 Å². The third-order valence-corrected chi connectivity index (χ3v) is 6.09. The molecule has 3 rings (SSSR count). The van der Waals surface area contributed by atoms with Crippen molar-refractivity contribution < 1.29 is 24.1 Å². The van der Waals surface area contributed by atoms with E-state index in [2.05, 4.69) is 10.2 Å². The number of nitrogens with one attached hydrogen (secondary N) is 1. The van der Waals surface area contributed by atoms with E-state index < -0.39 is 0 Å². The highest BCUT2D eigenvalue weighted by molar-refractivity contribution is 5.91. The Balaban J connectivity index is 1.41. The minimum Gasteiger partial charge on any atom is -0.508 e. The van der Waals surface area contributed by atoms with Gasteiger partial charge < -0.3 is 29.5 Å². The van der Waals surface area contributed by atoms with Crippen molar-refractivity contribution in [1.82, 2.24) is 4.90 Å². The molecule has 0 atom stereocenters. The number of piperidine rings is 1. The number of anilines is 1. The maximum absolute atomic E-state index is 12.5. The van der Waals surface area contributed by atoms with Crippen LogP contribution < -0.4 is 19.5 Å². The Morgan fingerprint density at radius 2 is 1.66 bits per heavy atom. The van der Waals surface area contributed by atoms with E-state index in [9.17, 15) is 9.90 Å². The minimum absolute atomic E-state index is 0.0336. The van der Waals surface area contributed by atoms with Crippen LogP contribution in [0, 0.1) is 5.92 Å². The molecule has 2 aromatic carbocycles. The van der Waals surface area contributed by atoms with Crippen molar-refractivity contribution in [2.75, 3.05) is 46.3 Å². The number of rotatable bonds is 10. The van der Waals surface area contributed by atoms with Crippen LogP contribution in [0.15, 0.2) is 36.4 Å². The lowest BCUT2D eigenvalue weighted by atomic mass is 9.90. The van der Waals surface area contributed by atoms with Crippen molar-refractivity contribution in [2.24, 2.45) is 5.92 Å². The van der Waals surface area contributed by atoms with Crippen molar-refractivity contribution in [2.45, 2.75) is 32.1 Å². The van der Waals surface area contributed by atoms with Crippen LogP contribution in [0.4, 0.5) is 5.69 Å². The Hall–Kier alpha value is -2.93. The van der Waals surface area contributed by atoms with Gasteiger partial charge in [-0.1, -0.05) is 12.1 Å². The SMILES string of the molecule is COc1cc(NC(=O)CCN2CCC(CCc3ccc(O)cc3)CC2)cc(OC)c1OC. The van der Waals surface area contributed by atoms with Gasteiger partial charge in [-0.15, -0.1) is 0 Å². The number of benzene rings is 2. The second-order valence-electron chi connectivity index (χ2n) is 8.20. The quantitative estimate of drug-likeness (QED) is 0.577. The van der Waals surface area contributed by atoms with Gasteiger partial charge in [-0.2, -0.15) is 0 Å². The summed E-state index contributed by atoms with van der Waals surface area (Å²) < 4.78 is 16.0. The average molecular weight is 443 g/mol. The second-order valence-corrected chi connectivity index (χ2v) is 8.20. The number of likely N-dealkylation sites (tertiary alicyclic amines) is 1. The number of hydrogen-bond donors (Lipinski definition) is 2. The summed E-state index contributed by atoms with van der Waals surface area (Å²) in [5.41, 5.74) is 1.89. The summed E-state index contributed by atoms with van der Waals surface area (Å²) in [6.45, 7) is 2.80. The molecule has 7 heteroatoms. The summed E-state index contributed by atoms with van der Waals surface area (Å²) in [4.78, 5) is 14.9. The number of carbonyl (C=O) groups excluding carboxylic acids is 1. The zero-order chi connectivity index (χ0) is 22.9. The normalized spacial score (nSPS) is 14.7. The zero-order valence-electron chi connectivity index (χ0n) is 19.2. The van der Waals surface area contributed by atoms with Crippen LogP contribution in [0.1, 0.15) is 31.2 Å². The fourth-order valence-corrected chi connectivity index (χ4v) is 4.17. The predicted molar refractivity (Wildman–Crippen MR) is 125 cm³/mol. The molecular formula is C25H34N2O5. The maximum Gasteiger partial charge on any atom is 0.225 e. The van der Waals surface area contributed by atoms with Crippen LogP contribution in [0.3, 0.4) is 0 Å². The van der Waals surface area contributed by atoms with Gasteiger partial charge in [0.1, 0.15) is 5.75 Å². The largest absolute Gasteiger partial charge is 0.508 e. The number of phenolic OH excluding ortho intramolecular Hbond substituents is 1. The Morgan fingerprint density at radius 1 is 1.03 bits per heavy atom. The molecule has 174 valence electrons. The lowest BCUT2D eigenvalue weighted by Crippen LogP contribution is -2.35. The van der Waals surface area contributed by atoms with E-state index >= 15 is 0 Å². The molecule has 0 aliphatic carbocycles. The topological polar surface area (TPSA) is 80.3 Å². The van der Waals surface area contributed by atoms with E-state index in [-0.39, 0.29) is 5.91 Å². The molecule has 0 bridgehead atoms. The fraction of sp³-hybridized carbons (Fsp3) is 0.480. The first-order chi connectivity index (χ1) is 15.5. The van der Waals surface area contributed by atoms with Gasteiger partial charge in [0, 0.05) is 30.8 Å². The zero-order valence-corrected chi connectivity index (χ0v) is 19.2. The predicted octanol–water partition coefficient (Wildman–Crippen LogP) is 4.09. The molecule has 0 saturated carbocycles. The van der Waals surface area contributed by atoms with Gasteiger partial charge in [0.25, 0.3) is 0 Å². The lowest BCUT2D eigenvalue weighted by Gasteiger charge is -2.31. The van der Waals surface area contributed by atoms with Gasteiger partial charge in [-0.25, -0.2) is 0 Å². The van der Waals surface area contributed by atoms with E-state index in [1.165, 1.54) is 12.0 Å². The van der Waals surface area contributed by atoms with Crippen molar-refractivity contribution in [1.29, 1.82) is 0 Å². The van der Waals surface area contributed by atoms with Gasteiger partial charge in [0.15, 0.2) is 11.5 Å². The van der Waals surface area contributed by atoms with E-state index in [4.69, 9.17) is 14.2 Å². The molecule has 0 aromatic heterocycles. The standard InChI is InChI=1S/C25H34N2O5/c1-30-22-16-20(17-23(31-2)25(22)32-3)26-24(29)12-15-27-13-10-19(11-14-27)5-4-18-6-8-21(28)9-7-18/h6-9,16-17,19,28H,4-5,10-15H2,1-3H3,(H,26,29). The van der Waals surface area contributed by atoms with Gasteiger partial charge in [0.2, 0.25) is 11.7 Å². The Morgan fingerprint density at radius 3 is 2.22 bits per heavy atom. The van der Waals surface area contributed by atoms with Gasteiger partial charge in [-0.05, 0) is 62.4 Å². The lowest BCUT2D eigenvalue weighted by molar-refractivity contribution is -0.116. The molecule has 1 amide bonds. The number of nitrogens with zero attached hydrogens (tertiary/aromatic N) is 1. The first-order valence-electron chi connectivity index (χ1n) is 11.1. The van der Waals surface area contributed by atoms with Crippen LogP contribution in [-0.4, -0.2) is 56.9 Å². The molecule has 0 spiro atoms. The molecule has 1 fully saturated rings. The number of hydrogen-bond acceptors (Lipinski definition) is 6. The Bertz CT molecular complexity index is 851. The number of carbonyl (C=O) groups is 1. The van der Waals surface area contributed by atoms with Crippen LogP contribution >= 0.6 is 0 Å². The molecule has 1 aliphatic heterocycles. The highest BCUT2D eigenvalue weighted by atomic mass is 16.5. The summed E-state index contributed by atoms with van der Waals surface area (Å²) in [5.74, 6) is 2.52. The fourth-order valence-electron chi connectivity index (χ4n) is 4.17. The van der Waals surface area contributed by atoms with Crippen molar-refractivity contribution in [3.8, 4) is 23.0 Å². The third-order valence-electron chi connectivity index (χ3n) is 6.09. The van der Waals surface area contributed by atoms with Crippen LogP contribution in [0.5, 0.6) is 23.0 Å². The number of amides is 1. The molecule has 2 aromatic rings. The van der Waals surface area contributed by atoms with E-state index in [0.29, 0.717) is 41.0 Å². The van der Waals surface area contributed by atoms with Crippen LogP contribution in [0.2, 0.25) is 0 Å². The first-order valence-corrected chi connectivity index (χ1v) is 11.1. The first kappa shape index (κ1) is 23.7. The van der Waals surface area contributed by atoms with Gasteiger partial charge in [0.05, 0.1) is 21.3 Å². The third kappa shape index (κ3) is 6.53. The summed E-state index contributed by atoms with van der Waals surface area (Å²) in [6, 6.07) is 11.0. The second kappa shape index (κ2) is 11.6. The number of aryl methyl sites for hydroxylation is 1. The van der Waals surface area contributed by atoms with Crippen LogP contribution in [0.25, 0.3) is 0 Å². The summed E-state index contributed by atoms with van der Waals surface area (Å²) >= 11 is 0. The molecule has 7 nitrogen and oxygen atoms in total. The number of phenols is 1. The maximum atomic E-state index is 12.5. The highest BCUT2D eigenvalue weighted by Gasteiger charge is 2.20. The molecule has 0 unspecified atom stereocenters. The monoisotopic (exact) mass is 442 g/mol. The summed E-state index contributed by atoms with van der Waals surface area (Å²) in [7, 11) is 4.66. The summed E-state index contributed by atoms with van der Waals surface area (Å²) in [6.07, 6.45) is 4.97. The van der Waals surface area contributed by atoms with Crippen molar-refractivity contribution in [3.63, 3.8) is 0 Å². The highest BCUT2D eigenvalue weighted by Crippen LogP contribution is 2.40. The molecule has 1 saturated heterocycles. The molecule has 32 heavy (non-hydrogen) atoms. The molecule has 1 heterocycles.